The van der Waals surface area contributed by atoms with Crippen LogP contribution in [-0.4, -0.2) is 39.2 Å². The molecular weight excluding hydrogens is 274 g/mol. The average Bonchev–Trinajstić information content (AvgIpc) is 2.45. The molecule has 116 valence electrons. The van der Waals surface area contributed by atoms with Gasteiger partial charge in [-0.3, -0.25) is 9.59 Å². The van der Waals surface area contributed by atoms with Gasteiger partial charge in [-0.15, -0.1) is 0 Å². The molecule has 1 aromatic carbocycles. The number of amides is 1. The molecule has 1 amide bonds. The van der Waals surface area contributed by atoms with Crippen LogP contribution in [0.2, 0.25) is 0 Å². The fourth-order valence-corrected chi connectivity index (χ4v) is 1.88. The van der Waals surface area contributed by atoms with Gasteiger partial charge in [0.2, 0.25) is 5.91 Å². The highest BCUT2D eigenvalue weighted by molar-refractivity contribution is 5.94. The third-order valence-electron chi connectivity index (χ3n) is 2.93. The second-order valence-corrected chi connectivity index (χ2v) is 4.38. The Labute approximate surface area is 124 Å². The van der Waals surface area contributed by atoms with Gasteiger partial charge in [-0.05, 0) is 13.0 Å². The molecule has 21 heavy (non-hydrogen) atoms. The van der Waals surface area contributed by atoms with Crippen LogP contribution < -0.4 is 20.7 Å². The van der Waals surface area contributed by atoms with Gasteiger partial charge in [0.15, 0.2) is 0 Å². The number of rotatable bonds is 6. The lowest BCUT2D eigenvalue weighted by Crippen LogP contribution is -2.30. The van der Waals surface area contributed by atoms with E-state index in [2.05, 4.69) is 10.1 Å². The molecule has 0 saturated carbocycles. The summed E-state index contributed by atoms with van der Waals surface area (Å²) in [4.78, 5) is 24.5. The van der Waals surface area contributed by atoms with Crippen molar-refractivity contribution >= 4 is 28.9 Å². The zero-order valence-electron chi connectivity index (χ0n) is 12.7. The molecule has 0 radical (unpaired) electrons. The lowest BCUT2D eigenvalue weighted by molar-refractivity contribution is -0.139. The first-order valence-corrected chi connectivity index (χ1v) is 6.49. The van der Waals surface area contributed by atoms with E-state index in [0.717, 1.165) is 0 Å². The SMILES string of the molecule is CCN(CC(=O)OC)c1cc(NC(C)=O)c(N)cc1OC. The Morgan fingerprint density at radius 3 is 2.48 bits per heavy atom. The molecule has 0 aliphatic carbocycles. The van der Waals surface area contributed by atoms with E-state index in [9.17, 15) is 9.59 Å². The number of esters is 1. The first-order chi connectivity index (χ1) is 9.92. The van der Waals surface area contributed by atoms with Gasteiger partial charge in [0, 0.05) is 19.5 Å². The lowest BCUT2D eigenvalue weighted by atomic mass is 10.2. The molecule has 3 N–H and O–H groups in total. The zero-order chi connectivity index (χ0) is 16.0. The molecule has 0 saturated heterocycles. The third-order valence-corrected chi connectivity index (χ3v) is 2.93. The monoisotopic (exact) mass is 295 g/mol. The van der Waals surface area contributed by atoms with Crippen LogP contribution in [0.4, 0.5) is 17.1 Å². The predicted molar refractivity (Wildman–Crippen MR) is 81.6 cm³/mol. The number of hydrogen-bond donors (Lipinski definition) is 2. The topological polar surface area (TPSA) is 93.9 Å². The van der Waals surface area contributed by atoms with Crippen LogP contribution in [-0.2, 0) is 14.3 Å². The van der Waals surface area contributed by atoms with E-state index in [1.165, 1.54) is 21.1 Å². The molecule has 0 aromatic heterocycles. The van der Waals surface area contributed by atoms with Crippen molar-refractivity contribution in [2.24, 2.45) is 0 Å². The van der Waals surface area contributed by atoms with E-state index < -0.39 is 0 Å². The maximum atomic E-state index is 11.5. The van der Waals surface area contributed by atoms with Crippen molar-refractivity contribution < 1.29 is 19.1 Å². The van der Waals surface area contributed by atoms with Gasteiger partial charge in [0.05, 0.1) is 31.3 Å². The van der Waals surface area contributed by atoms with Crippen molar-refractivity contribution in [3.63, 3.8) is 0 Å². The molecule has 0 atom stereocenters. The minimum absolute atomic E-state index is 0.0762. The van der Waals surface area contributed by atoms with Gasteiger partial charge in [0.1, 0.15) is 12.3 Å². The van der Waals surface area contributed by atoms with Crippen LogP contribution in [0.15, 0.2) is 12.1 Å². The van der Waals surface area contributed by atoms with Crippen molar-refractivity contribution in [2.45, 2.75) is 13.8 Å². The molecule has 0 heterocycles. The van der Waals surface area contributed by atoms with E-state index in [1.54, 1.807) is 17.0 Å². The van der Waals surface area contributed by atoms with Gasteiger partial charge < -0.3 is 25.4 Å². The van der Waals surface area contributed by atoms with E-state index in [0.29, 0.717) is 29.4 Å². The highest BCUT2D eigenvalue weighted by atomic mass is 16.5. The highest BCUT2D eigenvalue weighted by Crippen LogP contribution is 2.35. The molecule has 0 bridgehead atoms. The van der Waals surface area contributed by atoms with Crippen LogP contribution in [0.25, 0.3) is 0 Å². The van der Waals surface area contributed by atoms with Crippen molar-refractivity contribution in [3.8, 4) is 5.75 Å². The lowest BCUT2D eigenvalue weighted by Gasteiger charge is -2.25. The number of nitrogens with two attached hydrogens (primary N) is 1. The number of nitrogen functional groups attached to an aromatic ring is 1. The van der Waals surface area contributed by atoms with Crippen molar-refractivity contribution in [3.05, 3.63) is 12.1 Å². The smallest absolute Gasteiger partial charge is 0.325 e. The summed E-state index contributed by atoms with van der Waals surface area (Å²) in [6.45, 7) is 3.94. The standard InChI is InChI=1S/C14H21N3O4/c1-5-17(8-14(19)21-4)12-7-11(16-9(2)18)10(15)6-13(12)20-3/h6-7H,5,8,15H2,1-4H3,(H,16,18). The number of benzene rings is 1. The van der Waals surface area contributed by atoms with Crippen LogP contribution >= 0.6 is 0 Å². The predicted octanol–water partition coefficient (Wildman–Crippen LogP) is 1.24. The summed E-state index contributed by atoms with van der Waals surface area (Å²) in [6.07, 6.45) is 0. The Bertz CT molecular complexity index is 531. The Hall–Kier alpha value is -2.44. The van der Waals surface area contributed by atoms with Crippen LogP contribution in [0.1, 0.15) is 13.8 Å². The number of carbonyl (C=O) groups excluding carboxylic acids is 2. The number of nitrogens with one attached hydrogen (secondary N) is 1. The number of methoxy groups -OCH3 is 2. The van der Waals surface area contributed by atoms with Crippen LogP contribution in [0.3, 0.4) is 0 Å². The molecule has 1 aromatic rings. The molecule has 7 heteroatoms. The summed E-state index contributed by atoms with van der Waals surface area (Å²) in [6, 6.07) is 3.29. The number of anilines is 3. The van der Waals surface area contributed by atoms with E-state index in [1.807, 2.05) is 6.92 Å². The van der Waals surface area contributed by atoms with Gasteiger partial charge in [-0.25, -0.2) is 0 Å². The van der Waals surface area contributed by atoms with Crippen LogP contribution in [0, 0.1) is 0 Å². The molecule has 0 spiro atoms. The van der Waals surface area contributed by atoms with E-state index >= 15 is 0 Å². The summed E-state index contributed by atoms with van der Waals surface area (Å²) in [5.74, 6) is -0.0713. The van der Waals surface area contributed by atoms with Crippen molar-refractivity contribution in [1.82, 2.24) is 0 Å². The van der Waals surface area contributed by atoms with Gasteiger partial charge in [-0.1, -0.05) is 0 Å². The summed E-state index contributed by atoms with van der Waals surface area (Å²) in [5, 5.41) is 2.65. The molecule has 7 nitrogen and oxygen atoms in total. The second-order valence-electron chi connectivity index (χ2n) is 4.38. The van der Waals surface area contributed by atoms with E-state index in [4.69, 9.17) is 10.5 Å². The molecule has 0 fully saturated rings. The summed E-state index contributed by atoms with van der Waals surface area (Å²) >= 11 is 0. The summed E-state index contributed by atoms with van der Waals surface area (Å²) in [5.41, 5.74) is 7.40. The fourth-order valence-electron chi connectivity index (χ4n) is 1.88. The molecule has 0 aliphatic rings. The van der Waals surface area contributed by atoms with Crippen molar-refractivity contribution in [2.75, 3.05) is 43.3 Å². The number of nitrogens with zero attached hydrogens (tertiary/aromatic N) is 1. The summed E-state index contributed by atoms with van der Waals surface area (Å²) < 4.78 is 9.98. The van der Waals surface area contributed by atoms with E-state index in [-0.39, 0.29) is 18.4 Å². The Kier molecular flexibility index (Phi) is 5.83. The second kappa shape index (κ2) is 7.37. The number of carbonyl (C=O) groups is 2. The minimum atomic E-state index is -0.364. The Morgan fingerprint density at radius 1 is 1.33 bits per heavy atom. The number of ether oxygens (including phenoxy) is 2. The number of hydrogen-bond acceptors (Lipinski definition) is 6. The molecular formula is C14H21N3O4. The van der Waals surface area contributed by atoms with Crippen LogP contribution in [0.5, 0.6) is 5.75 Å². The zero-order valence-corrected chi connectivity index (χ0v) is 12.7. The van der Waals surface area contributed by atoms with Gasteiger partial charge >= 0.3 is 5.97 Å². The average molecular weight is 295 g/mol. The normalized spacial score (nSPS) is 9.90. The van der Waals surface area contributed by atoms with Crippen molar-refractivity contribution in [1.29, 1.82) is 0 Å². The Balaban J connectivity index is 3.23. The van der Waals surface area contributed by atoms with Gasteiger partial charge in [-0.2, -0.15) is 0 Å². The maximum Gasteiger partial charge on any atom is 0.325 e. The quantitative estimate of drug-likeness (QED) is 0.605. The fraction of sp³-hybridized carbons (Fsp3) is 0.429. The maximum absolute atomic E-state index is 11.5. The minimum Gasteiger partial charge on any atom is -0.495 e. The third kappa shape index (κ3) is 4.27. The van der Waals surface area contributed by atoms with Gasteiger partial charge in [0.25, 0.3) is 0 Å². The molecule has 0 aliphatic heterocycles. The first-order valence-electron chi connectivity index (χ1n) is 6.49. The Morgan fingerprint density at radius 2 is 2.00 bits per heavy atom. The summed E-state index contributed by atoms with van der Waals surface area (Å²) in [7, 11) is 2.85. The number of likely N-dealkylation sites (N-methyl/N-ethyl adjacent to an activating group) is 1. The first kappa shape index (κ1) is 16.6. The molecule has 1 rings (SSSR count). The largest absolute Gasteiger partial charge is 0.495 e. The highest BCUT2D eigenvalue weighted by Gasteiger charge is 2.17. The molecule has 0 unspecified atom stereocenters.